The molecule has 1 atom stereocenters. The van der Waals surface area contributed by atoms with Crippen LogP contribution < -0.4 is 5.32 Å². The Morgan fingerprint density at radius 1 is 1.47 bits per heavy atom. The van der Waals surface area contributed by atoms with E-state index in [1.165, 1.54) is 6.07 Å². The zero-order valence-electron chi connectivity index (χ0n) is 11.0. The monoisotopic (exact) mass is 325 g/mol. The molecule has 0 radical (unpaired) electrons. The van der Waals surface area contributed by atoms with E-state index in [2.05, 4.69) is 37.7 Å². The van der Waals surface area contributed by atoms with E-state index in [0.717, 1.165) is 24.4 Å². The van der Waals surface area contributed by atoms with E-state index in [0.29, 0.717) is 4.47 Å². The Balaban J connectivity index is 2.38. The number of rotatable bonds is 5. The number of halogens is 2. The minimum atomic E-state index is -0.254. The van der Waals surface area contributed by atoms with Gasteiger partial charge in [0.05, 0.1) is 10.5 Å². The summed E-state index contributed by atoms with van der Waals surface area (Å²) in [5, 5.41) is 3.24. The summed E-state index contributed by atoms with van der Waals surface area (Å²) >= 11 is 3.23. The first-order valence-electron chi connectivity index (χ1n) is 6.30. The van der Waals surface area contributed by atoms with Gasteiger partial charge < -0.3 is 9.88 Å². The van der Waals surface area contributed by atoms with Crippen molar-refractivity contribution in [1.82, 2.24) is 14.9 Å². The van der Waals surface area contributed by atoms with Gasteiger partial charge in [-0.3, -0.25) is 0 Å². The third-order valence-electron chi connectivity index (χ3n) is 3.04. The average molecular weight is 326 g/mol. The molecule has 0 aliphatic heterocycles. The smallest absolute Gasteiger partial charge is 0.137 e. The van der Waals surface area contributed by atoms with Crippen molar-refractivity contribution in [3.8, 4) is 0 Å². The molecule has 0 fully saturated rings. The van der Waals surface area contributed by atoms with Crippen molar-refractivity contribution in [3.05, 3.63) is 52.3 Å². The summed E-state index contributed by atoms with van der Waals surface area (Å²) in [6.45, 7) is 3.06. The molecule has 102 valence electrons. The minimum absolute atomic E-state index is 0.0431. The predicted molar refractivity (Wildman–Crippen MR) is 77.5 cm³/mol. The first-order chi connectivity index (χ1) is 9.17. The highest BCUT2D eigenvalue weighted by molar-refractivity contribution is 9.10. The van der Waals surface area contributed by atoms with Crippen molar-refractivity contribution in [2.45, 2.75) is 25.9 Å². The highest BCUT2D eigenvalue weighted by Crippen LogP contribution is 2.25. The molecule has 0 saturated carbocycles. The van der Waals surface area contributed by atoms with Gasteiger partial charge in [-0.1, -0.05) is 13.0 Å². The molecule has 0 amide bonds. The molecule has 19 heavy (non-hydrogen) atoms. The van der Waals surface area contributed by atoms with Crippen LogP contribution in [0.15, 0.2) is 35.1 Å². The zero-order chi connectivity index (χ0) is 13.8. The van der Waals surface area contributed by atoms with E-state index in [9.17, 15) is 4.39 Å². The second-order valence-electron chi connectivity index (χ2n) is 4.37. The lowest BCUT2D eigenvalue weighted by Crippen LogP contribution is -2.22. The molecule has 1 aromatic carbocycles. The number of hydrogen-bond donors (Lipinski definition) is 1. The quantitative estimate of drug-likeness (QED) is 0.911. The number of nitrogens with one attached hydrogen (secondary N) is 1. The van der Waals surface area contributed by atoms with Gasteiger partial charge in [0, 0.05) is 18.9 Å². The van der Waals surface area contributed by atoms with Gasteiger partial charge in [0.25, 0.3) is 0 Å². The molecule has 1 aromatic heterocycles. The van der Waals surface area contributed by atoms with Crippen molar-refractivity contribution in [2.75, 3.05) is 7.05 Å². The molecule has 0 aliphatic rings. The van der Waals surface area contributed by atoms with Crippen LogP contribution in [-0.2, 0) is 6.54 Å². The summed E-state index contributed by atoms with van der Waals surface area (Å²) in [6, 6.07) is 5.00. The van der Waals surface area contributed by atoms with Crippen molar-refractivity contribution in [2.24, 2.45) is 0 Å². The Morgan fingerprint density at radius 2 is 2.26 bits per heavy atom. The Morgan fingerprint density at radius 3 is 2.89 bits per heavy atom. The summed E-state index contributed by atoms with van der Waals surface area (Å²) in [7, 11) is 1.88. The molecule has 2 rings (SSSR count). The molecular weight excluding hydrogens is 309 g/mol. The van der Waals surface area contributed by atoms with E-state index in [1.807, 2.05) is 13.2 Å². The van der Waals surface area contributed by atoms with Gasteiger partial charge >= 0.3 is 0 Å². The molecular formula is C14H17BrFN3. The number of aromatic nitrogens is 2. The highest BCUT2D eigenvalue weighted by atomic mass is 79.9. The maximum atomic E-state index is 13.3. The molecule has 0 saturated heterocycles. The number of aryl methyl sites for hydroxylation is 1. The van der Waals surface area contributed by atoms with Crippen LogP contribution in [-0.4, -0.2) is 16.6 Å². The zero-order valence-corrected chi connectivity index (χ0v) is 12.6. The summed E-state index contributed by atoms with van der Waals surface area (Å²) in [4.78, 5) is 4.43. The SMILES string of the molecule is CCCn1ccnc1C(NC)c1ccc(F)c(Br)c1. The van der Waals surface area contributed by atoms with Crippen LogP contribution in [0.2, 0.25) is 0 Å². The van der Waals surface area contributed by atoms with Crippen molar-refractivity contribution in [3.63, 3.8) is 0 Å². The van der Waals surface area contributed by atoms with Gasteiger partial charge in [0.15, 0.2) is 0 Å². The van der Waals surface area contributed by atoms with Crippen LogP contribution >= 0.6 is 15.9 Å². The van der Waals surface area contributed by atoms with Gasteiger partial charge in [-0.05, 0) is 47.1 Å². The molecule has 1 unspecified atom stereocenters. The van der Waals surface area contributed by atoms with Gasteiger partial charge in [0.2, 0.25) is 0 Å². The van der Waals surface area contributed by atoms with Crippen LogP contribution in [0.3, 0.4) is 0 Å². The molecule has 3 nitrogen and oxygen atoms in total. The van der Waals surface area contributed by atoms with E-state index >= 15 is 0 Å². The predicted octanol–water partition coefficient (Wildman–Crippen LogP) is 3.50. The number of imidazole rings is 1. The first kappa shape index (κ1) is 14.2. The Bertz CT molecular complexity index is 553. The fraction of sp³-hybridized carbons (Fsp3) is 0.357. The maximum Gasteiger partial charge on any atom is 0.137 e. The van der Waals surface area contributed by atoms with Crippen LogP contribution in [0.5, 0.6) is 0 Å². The van der Waals surface area contributed by atoms with Gasteiger partial charge in [-0.25, -0.2) is 9.37 Å². The standard InChI is InChI=1S/C14H17BrFN3/c1-3-7-19-8-6-18-14(19)13(17-2)10-4-5-12(16)11(15)9-10/h4-6,8-9,13,17H,3,7H2,1-2H3. The van der Waals surface area contributed by atoms with Crippen LogP contribution in [0.25, 0.3) is 0 Å². The second-order valence-corrected chi connectivity index (χ2v) is 5.23. The average Bonchev–Trinajstić information content (AvgIpc) is 2.83. The molecule has 2 aromatic rings. The third-order valence-corrected chi connectivity index (χ3v) is 3.64. The van der Waals surface area contributed by atoms with Crippen molar-refractivity contribution in [1.29, 1.82) is 0 Å². The van der Waals surface area contributed by atoms with Gasteiger partial charge in [-0.2, -0.15) is 0 Å². The van der Waals surface area contributed by atoms with Gasteiger partial charge in [0.1, 0.15) is 11.6 Å². The molecule has 5 heteroatoms. The first-order valence-corrected chi connectivity index (χ1v) is 7.10. The molecule has 0 bridgehead atoms. The Hall–Kier alpha value is -1.20. The van der Waals surface area contributed by atoms with Crippen LogP contribution in [0.1, 0.15) is 30.8 Å². The highest BCUT2D eigenvalue weighted by Gasteiger charge is 2.18. The normalized spacial score (nSPS) is 12.6. The summed E-state index contributed by atoms with van der Waals surface area (Å²) < 4.78 is 15.9. The minimum Gasteiger partial charge on any atom is -0.333 e. The largest absolute Gasteiger partial charge is 0.333 e. The van der Waals surface area contributed by atoms with Crippen LogP contribution in [0.4, 0.5) is 4.39 Å². The lowest BCUT2D eigenvalue weighted by atomic mass is 10.1. The Kier molecular flexibility index (Phi) is 4.71. The van der Waals surface area contributed by atoms with E-state index in [4.69, 9.17) is 0 Å². The maximum absolute atomic E-state index is 13.3. The second kappa shape index (κ2) is 6.30. The molecule has 0 spiro atoms. The van der Waals surface area contributed by atoms with Crippen LogP contribution in [0, 0.1) is 5.82 Å². The molecule has 1 heterocycles. The Labute approximate surface area is 121 Å². The topological polar surface area (TPSA) is 29.9 Å². The van der Waals surface area contributed by atoms with E-state index < -0.39 is 0 Å². The fourth-order valence-corrected chi connectivity index (χ4v) is 2.54. The fourth-order valence-electron chi connectivity index (χ4n) is 2.15. The van der Waals surface area contributed by atoms with Crippen molar-refractivity contribution >= 4 is 15.9 Å². The van der Waals surface area contributed by atoms with E-state index in [1.54, 1.807) is 18.3 Å². The van der Waals surface area contributed by atoms with Gasteiger partial charge in [-0.15, -0.1) is 0 Å². The molecule has 1 N–H and O–H groups in total. The summed E-state index contributed by atoms with van der Waals surface area (Å²) in [6.07, 6.45) is 4.82. The number of benzene rings is 1. The lowest BCUT2D eigenvalue weighted by Gasteiger charge is -2.18. The number of nitrogens with zero attached hydrogens (tertiary/aromatic N) is 2. The lowest BCUT2D eigenvalue weighted by molar-refractivity contribution is 0.565. The van der Waals surface area contributed by atoms with Crippen molar-refractivity contribution < 1.29 is 4.39 Å². The molecule has 0 aliphatic carbocycles. The summed E-state index contributed by atoms with van der Waals surface area (Å²) in [5.74, 6) is 0.693. The van der Waals surface area contributed by atoms with E-state index in [-0.39, 0.29) is 11.9 Å². The third kappa shape index (κ3) is 3.04. The summed E-state index contributed by atoms with van der Waals surface area (Å²) in [5.41, 5.74) is 0.985. The number of hydrogen-bond acceptors (Lipinski definition) is 2.